The lowest BCUT2D eigenvalue weighted by Gasteiger charge is -2.06. The van der Waals surface area contributed by atoms with Crippen LogP contribution >= 0.6 is 11.3 Å². The van der Waals surface area contributed by atoms with Crippen LogP contribution in [0.15, 0.2) is 83.3 Å². The van der Waals surface area contributed by atoms with E-state index in [0.717, 1.165) is 32.9 Å². The minimum absolute atomic E-state index is 0.0378. The fourth-order valence-corrected chi connectivity index (χ4v) is 4.40. The highest BCUT2D eigenvalue weighted by Crippen LogP contribution is 2.34. The van der Waals surface area contributed by atoms with Crippen molar-refractivity contribution >= 4 is 33.7 Å². The average Bonchev–Trinajstić information content (AvgIpc) is 3.55. The summed E-state index contributed by atoms with van der Waals surface area (Å²) in [4.78, 5) is 16.8. The van der Waals surface area contributed by atoms with Crippen LogP contribution in [0.2, 0.25) is 0 Å². The smallest absolute Gasteiger partial charge is 0.266 e. The number of carbonyl (C=O) groups excluding carboxylic acids is 1. The first-order valence-electron chi connectivity index (χ1n) is 10.9. The van der Waals surface area contributed by atoms with Gasteiger partial charge in [0.1, 0.15) is 11.5 Å². The number of hydrazone groups is 1. The van der Waals surface area contributed by atoms with Crippen LogP contribution in [0.4, 0.5) is 17.6 Å². The molecule has 5 rings (SSSR count). The SMILES string of the molecule is C/C(=N/NC(=O)c1csc(-n2nc(C(F)(F)F)cc2-c2ccc3ccccc3c2)n1)c1ccc(F)cc1. The second-order valence-corrected chi connectivity index (χ2v) is 8.88. The van der Waals surface area contributed by atoms with Crippen molar-refractivity contribution in [3.05, 3.63) is 101 Å². The molecule has 37 heavy (non-hydrogen) atoms. The van der Waals surface area contributed by atoms with Crippen LogP contribution in [-0.4, -0.2) is 26.4 Å². The van der Waals surface area contributed by atoms with E-state index < -0.39 is 23.6 Å². The van der Waals surface area contributed by atoms with Gasteiger partial charge in [0.15, 0.2) is 5.69 Å². The zero-order valence-corrected chi connectivity index (χ0v) is 19.9. The quantitative estimate of drug-likeness (QED) is 0.163. The summed E-state index contributed by atoms with van der Waals surface area (Å²) in [5, 5.41) is 11.0. The second-order valence-electron chi connectivity index (χ2n) is 8.05. The number of hydrogen-bond donors (Lipinski definition) is 1. The number of fused-ring (bicyclic) bond motifs is 1. The number of aromatic nitrogens is 3. The Balaban J connectivity index is 1.46. The Morgan fingerprint density at radius 1 is 1.00 bits per heavy atom. The van der Waals surface area contributed by atoms with E-state index >= 15 is 0 Å². The molecule has 2 heterocycles. The molecule has 0 aliphatic carbocycles. The summed E-state index contributed by atoms with van der Waals surface area (Å²) >= 11 is 0.971. The van der Waals surface area contributed by atoms with Crippen molar-refractivity contribution in [2.24, 2.45) is 5.10 Å². The molecule has 11 heteroatoms. The Morgan fingerprint density at radius 3 is 2.46 bits per heavy atom. The van der Waals surface area contributed by atoms with E-state index in [-0.39, 0.29) is 16.5 Å². The van der Waals surface area contributed by atoms with Crippen LogP contribution in [0.1, 0.15) is 28.7 Å². The van der Waals surface area contributed by atoms with Crippen LogP contribution in [0, 0.1) is 5.82 Å². The summed E-state index contributed by atoms with van der Waals surface area (Å²) in [7, 11) is 0. The maximum Gasteiger partial charge on any atom is 0.435 e. The minimum Gasteiger partial charge on any atom is -0.266 e. The van der Waals surface area contributed by atoms with Gasteiger partial charge >= 0.3 is 6.18 Å². The summed E-state index contributed by atoms with van der Waals surface area (Å²) in [5.74, 6) is -1.05. The lowest BCUT2D eigenvalue weighted by molar-refractivity contribution is -0.141. The molecule has 1 amide bonds. The van der Waals surface area contributed by atoms with Crippen molar-refractivity contribution < 1.29 is 22.4 Å². The molecule has 0 unspecified atom stereocenters. The Kier molecular flexibility index (Phi) is 6.30. The molecular weight excluding hydrogens is 506 g/mol. The molecule has 0 bridgehead atoms. The van der Waals surface area contributed by atoms with Crippen LogP contribution < -0.4 is 5.43 Å². The molecule has 0 saturated carbocycles. The predicted octanol–water partition coefficient (Wildman–Crippen LogP) is 6.46. The lowest BCUT2D eigenvalue weighted by atomic mass is 10.0. The number of benzene rings is 3. The van der Waals surface area contributed by atoms with Crippen molar-refractivity contribution in [2.75, 3.05) is 0 Å². The maximum absolute atomic E-state index is 13.5. The first-order chi connectivity index (χ1) is 17.7. The number of alkyl halides is 3. The fraction of sp³-hybridized carbons (Fsp3) is 0.0769. The first-order valence-corrected chi connectivity index (χ1v) is 11.8. The fourth-order valence-electron chi connectivity index (χ4n) is 3.63. The molecule has 5 aromatic rings. The molecule has 186 valence electrons. The van der Waals surface area contributed by atoms with Crippen LogP contribution in [0.3, 0.4) is 0 Å². The van der Waals surface area contributed by atoms with Gasteiger partial charge < -0.3 is 0 Å². The van der Waals surface area contributed by atoms with E-state index in [1.165, 1.54) is 29.6 Å². The summed E-state index contributed by atoms with van der Waals surface area (Å²) in [5.41, 5.74) is 3.00. The highest BCUT2D eigenvalue weighted by atomic mass is 32.1. The Morgan fingerprint density at radius 2 is 1.73 bits per heavy atom. The van der Waals surface area contributed by atoms with E-state index in [1.807, 2.05) is 30.3 Å². The number of thiazole rings is 1. The molecule has 3 aromatic carbocycles. The lowest BCUT2D eigenvalue weighted by Crippen LogP contribution is -2.20. The van der Waals surface area contributed by atoms with Gasteiger partial charge in [-0.25, -0.2) is 19.5 Å². The topological polar surface area (TPSA) is 72.2 Å². The second kappa shape index (κ2) is 9.58. The Labute approximate surface area is 211 Å². The molecule has 0 saturated heterocycles. The number of halogens is 4. The van der Waals surface area contributed by atoms with Crippen molar-refractivity contribution in [1.29, 1.82) is 0 Å². The molecular formula is C26H17F4N5OS. The van der Waals surface area contributed by atoms with Gasteiger partial charge in [-0.2, -0.15) is 23.4 Å². The number of hydrogen-bond acceptors (Lipinski definition) is 5. The number of nitrogens with one attached hydrogen (secondary N) is 1. The van der Waals surface area contributed by atoms with E-state index in [2.05, 4.69) is 20.6 Å². The van der Waals surface area contributed by atoms with Gasteiger partial charge in [0, 0.05) is 10.9 Å². The number of rotatable bonds is 5. The van der Waals surface area contributed by atoms with Crippen molar-refractivity contribution in [3.8, 4) is 16.4 Å². The maximum atomic E-state index is 13.5. The highest BCUT2D eigenvalue weighted by molar-refractivity contribution is 7.12. The Bertz CT molecular complexity index is 1640. The molecule has 0 aliphatic heterocycles. The van der Waals surface area contributed by atoms with Gasteiger partial charge in [-0.05, 0) is 47.5 Å². The Hall–Kier alpha value is -4.38. The van der Waals surface area contributed by atoms with Gasteiger partial charge in [0.25, 0.3) is 5.91 Å². The molecule has 6 nitrogen and oxygen atoms in total. The third kappa shape index (κ3) is 5.12. The van der Waals surface area contributed by atoms with Gasteiger partial charge in [0.05, 0.1) is 11.4 Å². The van der Waals surface area contributed by atoms with Crippen LogP contribution in [0.25, 0.3) is 27.2 Å². The molecule has 0 radical (unpaired) electrons. The number of nitrogens with zero attached hydrogens (tertiary/aromatic N) is 4. The van der Waals surface area contributed by atoms with E-state index in [9.17, 15) is 22.4 Å². The molecule has 2 aromatic heterocycles. The molecule has 0 spiro atoms. The zero-order valence-electron chi connectivity index (χ0n) is 19.1. The van der Waals surface area contributed by atoms with Crippen molar-refractivity contribution in [2.45, 2.75) is 13.1 Å². The average molecular weight is 524 g/mol. The monoisotopic (exact) mass is 523 g/mol. The van der Waals surface area contributed by atoms with E-state index in [0.29, 0.717) is 16.8 Å². The standard InChI is InChI=1S/C26H17F4N5OS/c1-15(16-8-10-20(27)11-9-16)32-33-24(36)21-14-37-25(31-21)35-22(13-23(34-35)26(28,29)30)19-7-6-17-4-2-3-5-18(17)12-19/h2-14H,1H3,(H,33,36)/b32-15-. The van der Waals surface area contributed by atoms with Crippen LogP contribution in [-0.2, 0) is 6.18 Å². The summed E-state index contributed by atoms with van der Waals surface area (Å²) < 4.78 is 54.8. The van der Waals surface area contributed by atoms with Gasteiger partial charge in [0.2, 0.25) is 5.13 Å². The van der Waals surface area contributed by atoms with E-state index in [1.54, 1.807) is 19.1 Å². The van der Waals surface area contributed by atoms with E-state index in [4.69, 9.17) is 0 Å². The highest BCUT2D eigenvalue weighted by Gasteiger charge is 2.35. The van der Waals surface area contributed by atoms with Gasteiger partial charge in [-0.15, -0.1) is 11.3 Å². The molecule has 0 fully saturated rings. The predicted molar refractivity (Wildman–Crippen MR) is 133 cm³/mol. The van der Waals surface area contributed by atoms with Crippen LogP contribution in [0.5, 0.6) is 0 Å². The largest absolute Gasteiger partial charge is 0.435 e. The van der Waals surface area contributed by atoms with Crippen molar-refractivity contribution in [1.82, 2.24) is 20.2 Å². The summed E-state index contributed by atoms with van der Waals surface area (Å²) in [6.07, 6.45) is -4.67. The third-order valence-corrected chi connectivity index (χ3v) is 6.35. The summed E-state index contributed by atoms with van der Waals surface area (Å²) in [6.45, 7) is 1.64. The third-order valence-electron chi connectivity index (χ3n) is 5.54. The molecule has 0 aliphatic rings. The molecule has 0 atom stereocenters. The number of carbonyl (C=O) groups is 1. The van der Waals surface area contributed by atoms with Crippen molar-refractivity contribution in [3.63, 3.8) is 0 Å². The van der Waals surface area contributed by atoms with Gasteiger partial charge in [-0.1, -0.05) is 48.5 Å². The summed E-state index contributed by atoms with van der Waals surface area (Å²) in [6, 6.07) is 19.3. The minimum atomic E-state index is -4.67. The molecule has 1 N–H and O–H groups in total. The zero-order chi connectivity index (χ0) is 26.2. The number of amides is 1. The van der Waals surface area contributed by atoms with Gasteiger partial charge in [-0.3, -0.25) is 4.79 Å². The first kappa shape index (κ1) is 24.3. The normalized spacial score (nSPS) is 12.2.